The summed E-state index contributed by atoms with van der Waals surface area (Å²) in [5.41, 5.74) is 9.93. The molecule has 0 aromatic carbocycles. The summed E-state index contributed by atoms with van der Waals surface area (Å²) in [6.45, 7) is 2.28. The first kappa shape index (κ1) is 13.3. The van der Waals surface area contributed by atoms with E-state index in [1.54, 1.807) is 6.20 Å². The summed E-state index contributed by atoms with van der Waals surface area (Å²) in [5, 5.41) is 0. The number of nitrogen functional groups attached to an aromatic ring is 1. The molecule has 1 fully saturated rings. The number of hydrazine groups is 1. The van der Waals surface area contributed by atoms with Crippen LogP contribution in [0.2, 0.25) is 0 Å². The van der Waals surface area contributed by atoms with Gasteiger partial charge in [0.1, 0.15) is 5.82 Å². The number of hydrogen-bond donors (Lipinski definition) is 3. The SMILES string of the molecule is CCC1CCC(C(NN)c2cccnc2N)CC1. The molecule has 1 saturated carbocycles. The molecule has 0 amide bonds. The van der Waals surface area contributed by atoms with Crippen LogP contribution in [0, 0.1) is 11.8 Å². The maximum atomic E-state index is 5.95. The lowest BCUT2D eigenvalue weighted by Gasteiger charge is -2.33. The van der Waals surface area contributed by atoms with Gasteiger partial charge in [0, 0.05) is 11.8 Å². The molecular weight excluding hydrogens is 224 g/mol. The van der Waals surface area contributed by atoms with Crippen molar-refractivity contribution in [1.82, 2.24) is 10.4 Å². The molecule has 100 valence electrons. The van der Waals surface area contributed by atoms with E-state index in [0.717, 1.165) is 11.5 Å². The molecule has 4 nitrogen and oxygen atoms in total. The van der Waals surface area contributed by atoms with Gasteiger partial charge in [-0.05, 0) is 30.7 Å². The van der Waals surface area contributed by atoms with Crippen LogP contribution in [0.3, 0.4) is 0 Å². The molecule has 0 radical (unpaired) electrons. The van der Waals surface area contributed by atoms with E-state index < -0.39 is 0 Å². The third-order valence-corrected chi connectivity index (χ3v) is 4.33. The summed E-state index contributed by atoms with van der Waals surface area (Å²) in [6.07, 6.45) is 8.07. The van der Waals surface area contributed by atoms with Gasteiger partial charge in [-0.3, -0.25) is 11.3 Å². The van der Waals surface area contributed by atoms with Gasteiger partial charge in [0.25, 0.3) is 0 Å². The standard InChI is InChI=1S/C14H24N4/c1-2-10-5-7-11(8-6-10)13(18-16)12-4-3-9-17-14(12)15/h3-4,9-11,13,18H,2,5-8,16H2,1H3,(H2,15,17). The van der Waals surface area contributed by atoms with Crippen LogP contribution < -0.4 is 17.0 Å². The van der Waals surface area contributed by atoms with Crippen LogP contribution in [0.5, 0.6) is 0 Å². The highest BCUT2D eigenvalue weighted by Crippen LogP contribution is 2.38. The van der Waals surface area contributed by atoms with Crippen molar-refractivity contribution in [2.24, 2.45) is 17.7 Å². The lowest BCUT2D eigenvalue weighted by molar-refractivity contribution is 0.219. The molecule has 1 aliphatic rings. The molecule has 18 heavy (non-hydrogen) atoms. The minimum Gasteiger partial charge on any atom is -0.383 e. The number of rotatable bonds is 4. The predicted octanol–water partition coefficient (Wildman–Crippen LogP) is 2.38. The monoisotopic (exact) mass is 248 g/mol. The molecular formula is C14H24N4. The largest absolute Gasteiger partial charge is 0.383 e. The highest BCUT2D eigenvalue weighted by Gasteiger charge is 2.28. The number of nitrogens with one attached hydrogen (secondary N) is 1. The van der Waals surface area contributed by atoms with Crippen molar-refractivity contribution in [3.05, 3.63) is 23.9 Å². The van der Waals surface area contributed by atoms with Gasteiger partial charge < -0.3 is 5.73 Å². The first-order chi connectivity index (χ1) is 8.76. The fourth-order valence-electron chi connectivity index (χ4n) is 3.10. The van der Waals surface area contributed by atoms with Crippen LogP contribution in [0.15, 0.2) is 18.3 Å². The van der Waals surface area contributed by atoms with E-state index in [2.05, 4.69) is 17.3 Å². The van der Waals surface area contributed by atoms with Crippen LogP contribution in [-0.2, 0) is 0 Å². The van der Waals surface area contributed by atoms with Gasteiger partial charge >= 0.3 is 0 Å². The molecule has 1 aromatic heterocycles. The smallest absolute Gasteiger partial charge is 0.128 e. The van der Waals surface area contributed by atoms with Gasteiger partial charge in [0.05, 0.1) is 6.04 Å². The highest BCUT2D eigenvalue weighted by atomic mass is 15.2. The minimum atomic E-state index is 0.136. The first-order valence-corrected chi connectivity index (χ1v) is 6.92. The van der Waals surface area contributed by atoms with Gasteiger partial charge in [-0.2, -0.15) is 0 Å². The van der Waals surface area contributed by atoms with E-state index in [0.29, 0.717) is 11.7 Å². The van der Waals surface area contributed by atoms with Gasteiger partial charge in [-0.25, -0.2) is 4.98 Å². The lowest BCUT2D eigenvalue weighted by atomic mass is 9.76. The summed E-state index contributed by atoms with van der Waals surface area (Å²) in [6, 6.07) is 4.09. The Morgan fingerprint density at radius 3 is 2.67 bits per heavy atom. The van der Waals surface area contributed by atoms with Crippen LogP contribution in [0.25, 0.3) is 0 Å². The maximum Gasteiger partial charge on any atom is 0.128 e. The van der Waals surface area contributed by atoms with Gasteiger partial charge in [-0.15, -0.1) is 0 Å². The van der Waals surface area contributed by atoms with Crippen molar-refractivity contribution in [2.45, 2.75) is 45.1 Å². The molecule has 0 bridgehead atoms. The lowest BCUT2D eigenvalue weighted by Crippen LogP contribution is -2.36. The Morgan fingerprint density at radius 1 is 1.39 bits per heavy atom. The van der Waals surface area contributed by atoms with Gasteiger partial charge in [0.2, 0.25) is 0 Å². The number of hydrogen-bond acceptors (Lipinski definition) is 4. The Kier molecular flexibility index (Phi) is 4.55. The van der Waals surface area contributed by atoms with E-state index in [4.69, 9.17) is 11.6 Å². The van der Waals surface area contributed by atoms with Crippen molar-refractivity contribution >= 4 is 5.82 Å². The Bertz CT molecular complexity index is 372. The molecule has 2 rings (SSSR count). The van der Waals surface area contributed by atoms with Crippen LogP contribution in [0.1, 0.15) is 50.6 Å². The molecule has 4 heteroatoms. The van der Waals surface area contributed by atoms with Crippen molar-refractivity contribution < 1.29 is 0 Å². The number of nitrogens with two attached hydrogens (primary N) is 2. The van der Waals surface area contributed by atoms with Crippen LogP contribution >= 0.6 is 0 Å². The minimum absolute atomic E-state index is 0.136. The number of pyridine rings is 1. The van der Waals surface area contributed by atoms with E-state index in [1.807, 2.05) is 12.1 Å². The van der Waals surface area contributed by atoms with Gasteiger partial charge in [-0.1, -0.05) is 32.3 Å². The molecule has 1 atom stereocenters. The molecule has 0 spiro atoms. The Labute approximate surface area is 109 Å². The first-order valence-electron chi connectivity index (χ1n) is 6.92. The Balaban J connectivity index is 2.08. The van der Waals surface area contributed by atoms with E-state index >= 15 is 0 Å². The highest BCUT2D eigenvalue weighted by molar-refractivity contribution is 5.41. The van der Waals surface area contributed by atoms with Crippen LogP contribution in [0.4, 0.5) is 5.82 Å². The van der Waals surface area contributed by atoms with Gasteiger partial charge in [0.15, 0.2) is 0 Å². The molecule has 1 heterocycles. The van der Waals surface area contributed by atoms with Crippen LogP contribution in [-0.4, -0.2) is 4.98 Å². The van der Waals surface area contributed by atoms with Crippen molar-refractivity contribution in [3.8, 4) is 0 Å². The average Bonchev–Trinajstić information content (AvgIpc) is 2.42. The molecule has 1 aliphatic carbocycles. The topological polar surface area (TPSA) is 77.0 Å². The van der Waals surface area contributed by atoms with E-state index in [9.17, 15) is 0 Å². The molecule has 0 aliphatic heterocycles. The van der Waals surface area contributed by atoms with Crippen molar-refractivity contribution in [2.75, 3.05) is 5.73 Å². The Hall–Kier alpha value is -1.13. The molecule has 1 unspecified atom stereocenters. The molecule has 1 aromatic rings. The summed E-state index contributed by atoms with van der Waals surface area (Å²) < 4.78 is 0. The number of nitrogens with zero attached hydrogens (tertiary/aromatic N) is 1. The van der Waals surface area contributed by atoms with Crippen molar-refractivity contribution in [3.63, 3.8) is 0 Å². The average molecular weight is 248 g/mol. The quantitative estimate of drug-likeness (QED) is 0.565. The zero-order valence-electron chi connectivity index (χ0n) is 11.1. The third-order valence-electron chi connectivity index (χ3n) is 4.33. The van der Waals surface area contributed by atoms with E-state index in [1.165, 1.54) is 32.1 Å². The summed E-state index contributed by atoms with van der Waals surface area (Å²) in [4.78, 5) is 4.16. The second kappa shape index (κ2) is 6.16. The zero-order chi connectivity index (χ0) is 13.0. The summed E-state index contributed by atoms with van der Waals surface area (Å²) >= 11 is 0. The molecule has 0 saturated heterocycles. The number of aromatic nitrogens is 1. The normalized spacial score (nSPS) is 25.9. The summed E-state index contributed by atoms with van der Waals surface area (Å²) in [7, 11) is 0. The second-order valence-corrected chi connectivity index (χ2v) is 5.31. The predicted molar refractivity (Wildman–Crippen MR) is 74.5 cm³/mol. The second-order valence-electron chi connectivity index (χ2n) is 5.31. The molecule has 5 N–H and O–H groups in total. The number of anilines is 1. The Morgan fingerprint density at radius 2 is 2.11 bits per heavy atom. The fraction of sp³-hybridized carbons (Fsp3) is 0.643. The maximum absolute atomic E-state index is 5.95. The zero-order valence-corrected chi connectivity index (χ0v) is 11.1. The van der Waals surface area contributed by atoms with E-state index in [-0.39, 0.29) is 6.04 Å². The fourth-order valence-corrected chi connectivity index (χ4v) is 3.10. The third kappa shape index (κ3) is 2.82. The van der Waals surface area contributed by atoms with Crippen molar-refractivity contribution in [1.29, 1.82) is 0 Å². The summed E-state index contributed by atoms with van der Waals surface area (Å²) in [5.74, 6) is 7.80.